The zero-order chi connectivity index (χ0) is 18.0. The standard InChI is InChI=1S/C18H28N2O4S/c1-3-20(15-8-11-25(22,23)13-15)18(21)17-5-4-16(24-17)12-19-9-6-14(2)7-10-19/h4-5,14-15H,3,6-13H2,1-2H3/t15-/m0/s1. The molecule has 25 heavy (non-hydrogen) atoms. The van der Waals surface area contributed by atoms with E-state index in [1.54, 1.807) is 11.0 Å². The van der Waals surface area contributed by atoms with Gasteiger partial charge in [0.15, 0.2) is 15.6 Å². The fraction of sp³-hybridized carbons (Fsp3) is 0.722. The van der Waals surface area contributed by atoms with Crippen LogP contribution in [0.4, 0.5) is 0 Å². The summed E-state index contributed by atoms with van der Waals surface area (Å²) >= 11 is 0. The van der Waals surface area contributed by atoms with E-state index in [1.807, 2.05) is 13.0 Å². The Morgan fingerprint density at radius 3 is 2.60 bits per heavy atom. The Kier molecular flexibility index (Phi) is 5.53. The fourth-order valence-corrected chi connectivity index (χ4v) is 5.48. The van der Waals surface area contributed by atoms with Crippen LogP contribution >= 0.6 is 0 Å². The normalized spacial score (nSPS) is 24.5. The zero-order valence-corrected chi connectivity index (χ0v) is 15.9. The topological polar surface area (TPSA) is 70.8 Å². The van der Waals surface area contributed by atoms with Gasteiger partial charge < -0.3 is 9.32 Å². The Morgan fingerprint density at radius 2 is 2.00 bits per heavy atom. The minimum atomic E-state index is -3.02. The van der Waals surface area contributed by atoms with Crippen molar-refractivity contribution in [2.45, 2.75) is 45.7 Å². The number of carbonyl (C=O) groups excluding carboxylic acids is 1. The Bertz CT molecular complexity index is 704. The molecule has 0 radical (unpaired) electrons. The molecule has 1 aromatic rings. The van der Waals surface area contributed by atoms with Gasteiger partial charge in [-0.3, -0.25) is 9.69 Å². The van der Waals surface area contributed by atoms with Crippen molar-refractivity contribution in [2.24, 2.45) is 5.92 Å². The van der Waals surface area contributed by atoms with E-state index >= 15 is 0 Å². The van der Waals surface area contributed by atoms with Crippen LogP contribution in [0.1, 0.15) is 49.4 Å². The molecule has 2 saturated heterocycles. The van der Waals surface area contributed by atoms with Crippen LogP contribution in [-0.2, 0) is 16.4 Å². The predicted molar refractivity (Wildman–Crippen MR) is 96.2 cm³/mol. The maximum absolute atomic E-state index is 12.7. The molecule has 1 atom stereocenters. The molecule has 1 aromatic heterocycles. The highest BCUT2D eigenvalue weighted by Gasteiger charge is 2.35. The van der Waals surface area contributed by atoms with Crippen LogP contribution in [0.25, 0.3) is 0 Å². The molecule has 2 aliphatic rings. The van der Waals surface area contributed by atoms with Gasteiger partial charge in [-0.1, -0.05) is 6.92 Å². The van der Waals surface area contributed by atoms with Gasteiger partial charge in [0.25, 0.3) is 5.91 Å². The first kappa shape index (κ1) is 18.5. The second-order valence-electron chi connectivity index (χ2n) is 7.37. The molecule has 1 amide bonds. The summed E-state index contributed by atoms with van der Waals surface area (Å²) in [5.41, 5.74) is 0. The Morgan fingerprint density at radius 1 is 1.28 bits per heavy atom. The van der Waals surface area contributed by atoms with Crippen LogP contribution < -0.4 is 0 Å². The highest BCUT2D eigenvalue weighted by atomic mass is 32.2. The number of piperidine rings is 1. The number of hydrogen-bond donors (Lipinski definition) is 0. The molecule has 0 saturated carbocycles. The minimum absolute atomic E-state index is 0.0616. The van der Waals surface area contributed by atoms with E-state index in [0.717, 1.165) is 31.3 Å². The molecule has 0 N–H and O–H groups in total. The van der Waals surface area contributed by atoms with E-state index in [0.29, 0.717) is 18.7 Å². The molecule has 7 heteroatoms. The molecule has 6 nitrogen and oxygen atoms in total. The fourth-order valence-electron chi connectivity index (χ4n) is 3.75. The maximum Gasteiger partial charge on any atom is 0.289 e. The summed E-state index contributed by atoms with van der Waals surface area (Å²) in [5, 5.41) is 0. The van der Waals surface area contributed by atoms with Crippen molar-refractivity contribution in [1.82, 2.24) is 9.80 Å². The van der Waals surface area contributed by atoms with Crippen LogP contribution in [0.2, 0.25) is 0 Å². The number of amides is 1. The number of sulfone groups is 1. The third-order valence-corrected chi connectivity index (χ3v) is 7.13. The average molecular weight is 368 g/mol. The van der Waals surface area contributed by atoms with Crippen molar-refractivity contribution in [3.05, 3.63) is 23.7 Å². The summed E-state index contributed by atoms with van der Waals surface area (Å²) in [4.78, 5) is 16.7. The lowest BCUT2D eigenvalue weighted by Crippen LogP contribution is -2.40. The second kappa shape index (κ2) is 7.50. The summed E-state index contributed by atoms with van der Waals surface area (Å²) in [5.74, 6) is 1.91. The monoisotopic (exact) mass is 368 g/mol. The zero-order valence-electron chi connectivity index (χ0n) is 15.1. The highest BCUT2D eigenvalue weighted by molar-refractivity contribution is 7.91. The van der Waals surface area contributed by atoms with E-state index in [-0.39, 0.29) is 23.5 Å². The third kappa shape index (κ3) is 4.44. The van der Waals surface area contributed by atoms with Crippen LogP contribution in [0.15, 0.2) is 16.5 Å². The maximum atomic E-state index is 12.7. The van der Waals surface area contributed by atoms with Gasteiger partial charge in [-0.05, 0) is 57.3 Å². The van der Waals surface area contributed by atoms with Gasteiger partial charge in [-0.25, -0.2) is 8.42 Å². The Labute approximate surface area is 150 Å². The van der Waals surface area contributed by atoms with E-state index in [9.17, 15) is 13.2 Å². The molecule has 140 valence electrons. The van der Waals surface area contributed by atoms with Crippen molar-refractivity contribution in [2.75, 3.05) is 31.1 Å². The number of furan rings is 1. The molecule has 2 fully saturated rings. The van der Waals surface area contributed by atoms with Gasteiger partial charge in [-0.15, -0.1) is 0 Å². The van der Waals surface area contributed by atoms with Crippen molar-refractivity contribution in [3.8, 4) is 0 Å². The smallest absolute Gasteiger partial charge is 0.289 e. The van der Waals surface area contributed by atoms with Gasteiger partial charge in [0, 0.05) is 12.6 Å². The predicted octanol–water partition coefficient (Wildman–Crippen LogP) is 2.16. The highest BCUT2D eigenvalue weighted by Crippen LogP contribution is 2.22. The van der Waals surface area contributed by atoms with E-state index in [1.165, 1.54) is 12.8 Å². The molecule has 0 unspecified atom stereocenters. The summed E-state index contributed by atoms with van der Waals surface area (Å²) in [7, 11) is -3.02. The molecule has 3 heterocycles. The first-order chi connectivity index (χ1) is 11.9. The lowest BCUT2D eigenvalue weighted by molar-refractivity contribution is 0.0671. The molecular formula is C18H28N2O4S. The van der Waals surface area contributed by atoms with Crippen molar-refractivity contribution < 1.29 is 17.6 Å². The van der Waals surface area contributed by atoms with Crippen molar-refractivity contribution >= 4 is 15.7 Å². The largest absolute Gasteiger partial charge is 0.455 e. The van der Waals surface area contributed by atoms with Crippen LogP contribution in [-0.4, -0.2) is 61.3 Å². The molecule has 0 bridgehead atoms. The van der Waals surface area contributed by atoms with Gasteiger partial charge in [-0.2, -0.15) is 0 Å². The average Bonchev–Trinajstić information content (AvgIpc) is 3.17. The summed E-state index contributed by atoms with van der Waals surface area (Å²) in [6, 6.07) is 3.35. The van der Waals surface area contributed by atoms with Gasteiger partial charge in [0.2, 0.25) is 0 Å². The number of likely N-dealkylation sites (tertiary alicyclic amines) is 1. The molecule has 0 spiro atoms. The quantitative estimate of drug-likeness (QED) is 0.796. The van der Waals surface area contributed by atoms with Gasteiger partial charge in [0.05, 0.1) is 18.1 Å². The van der Waals surface area contributed by atoms with E-state index in [4.69, 9.17) is 4.42 Å². The van der Waals surface area contributed by atoms with Crippen LogP contribution in [0.3, 0.4) is 0 Å². The molecule has 2 aliphatic heterocycles. The SMILES string of the molecule is CCN(C(=O)c1ccc(CN2CCC(C)CC2)o1)[C@H]1CCS(=O)(=O)C1. The summed E-state index contributed by atoms with van der Waals surface area (Å²) < 4.78 is 29.2. The molecule has 0 aromatic carbocycles. The molecule has 0 aliphatic carbocycles. The lowest BCUT2D eigenvalue weighted by atomic mass is 9.99. The summed E-state index contributed by atoms with van der Waals surface area (Å²) in [6.07, 6.45) is 2.92. The van der Waals surface area contributed by atoms with E-state index < -0.39 is 9.84 Å². The second-order valence-corrected chi connectivity index (χ2v) is 9.60. The molecular weight excluding hydrogens is 340 g/mol. The van der Waals surface area contributed by atoms with E-state index in [2.05, 4.69) is 11.8 Å². The first-order valence-corrected chi connectivity index (χ1v) is 11.0. The Balaban J connectivity index is 1.63. The Hall–Kier alpha value is -1.34. The van der Waals surface area contributed by atoms with Crippen molar-refractivity contribution in [3.63, 3.8) is 0 Å². The number of rotatable bonds is 5. The lowest BCUT2D eigenvalue weighted by Gasteiger charge is -2.29. The number of hydrogen-bond acceptors (Lipinski definition) is 5. The number of carbonyl (C=O) groups is 1. The summed E-state index contributed by atoms with van der Waals surface area (Å²) in [6.45, 7) is 7.49. The minimum Gasteiger partial charge on any atom is -0.455 e. The van der Waals surface area contributed by atoms with Gasteiger partial charge in [0.1, 0.15) is 5.76 Å². The molecule has 3 rings (SSSR count). The van der Waals surface area contributed by atoms with Crippen LogP contribution in [0, 0.1) is 5.92 Å². The van der Waals surface area contributed by atoms with Crippen molar-refractivity contribution in [1.29, 1.82) is 0 Å². The van der Waals surface area contributed by atoms with Gasteiger partial charge >= 0.3 is 0 Å². The van der Waals surface area contributed by atoms with Crippen LogP contribution in [0.5, 0.6) is 0 Å². The first-order valence-electron chi connectivity index (χ1n) is 9.20. The third-order valence-electron chi connectivity index (χ3n) is 5.38. The number of nitrogens with zero attached hydrogens (tertiary/aromatic N) is 2.